The number of aliphatic hydroxyl groups is 1. The van der Waals surface area contributed by atoms with Crippen LogP contribution in [0.1, 0.15) is 63.4 Å². The molecular formula is C22H34NO3+. The Morgan fingerprint density at radius 3 is 2.46 bits per heavy atom. The highest BCUT2D eigenvalue weighted by atomic mass is 16.5. The quantitative estimate of drug-likeness (QED) is 0.569. The lowest BCUT2D eigenvalue weighted by molar-refractivity contribution is -0.949. The molecular weight excluding hydrogens is 326 g/mol. The minimum Gasteiger partial charge on any atom is -0.461 e. The average molecular weight is 361 g/mol. The zero-order valence-electron chi connectivity index (χ0n) is 16.3. The summed E-state index contributed by atoms with van der Waals surface area (Å²) < 4.78 is 7.16. The fraction of sp³-hybridized carbons (Fsp3) is 0.682. The van der Waals surface area contributed by atoms with Crippen LogP contribution in [0.25, 0.3) is 0 Å². The normalized spacial score (nSPS) is 31.6. The Morgan fingerprint density at radius 1 is 1.23 bits per heavy atom. The number of rotatable bonds is 8. The van der Waals surface area contributed by atoms with Crippen LogP contribution in [0.15, 0.2) is 30.3 Å². The minimum absolute atomic E-state index is 0.00342. The van der Waals surface area contributed by atoms with E-state index in [0.717, 1.165) is 18.4 Å². The predicted octanol–water partition coefficient (Wildman–Crippen LogP) is 3.64. The second-order valence-electron chi connectivity index (χ2n) is 8.31. The molecule has 3 atom stereocenters. The maximum atomic E-state index is 12.8. The van der Waals surface area contributed by atoms with E-state index in [0.29, 0.717) is 18.5 Å². The van der Waals surface area contributed by atoms with Crippen molar-refractivity contribution < 1.29 is 19.1 Å². The molecule has 1 N–H and O–H groups in total. The maximum absolute atomic E-state index is 12.8. The van der Waals surface area contributed by atoms with Crippen molar-refractivity contribution in [1.29, 1.82) is 0 Å². The molecule has 2 fully saturated rings. The summed E-state index contributed by atoms with van der Waals surface area (Å²) in [4.78, 5) is 12.8. The van der Waals surface area contributed by atoms with Gasteiger partial charge in [0.2, 0.25) is 0 Å². The van der Waals surface area contributed by atoms with Crippen molar-refractivity contribution >= 4 is 5.97 Å². The van der Waals surface area contributed by atoms with Gasteiger partial charge in [0.25, 0.3) is 0 Å². The molecule has 26 heavy (non-hydrogen) atoms. The molecule has 2 bridgehead atoms. The number of esters is 1. The van der Waals surface area contributed by atoms with Gasteiger partial charge in [-0.15, -0.1) is 0 Å². The van der Waals surface area contributed by atoms with Crippen LogP contribution in [0.2, 0.25) is 0 Å². The Kier molecular flexibility index (Phi) is 6.36. The molecule has 4 heteroatoms. The molecule has 1 aromatic rings. The molecule has 0 amide bonds. The number of piperidine rings is 1. The van der Waals surface area contributed by atoms with Crippen molar-refractivity contribution in [2.75, 3.05) is 20.2 Å². The van der Waals surface area contributed by atoms with Gasteiger partial charge in [0, 0.05) is 32.3 Å². The third-order valence-electron chi connectivity index (χ3n) is 6.75. The molecule has 0 aliphatic carbocycles. The van der Waals surface area contributed by atoms with Gasteiger partial charge in [-0.2, -0.15) is 0 Å². The van der Waals surface area contributed by atoms with Crippen LogP contribution < -0.4 is 0 Å². The van der Waals surface area contributed by atoms with Crippen LogP contribution in [-0.2, 0) is 9.53 Å². The lowest BCUT2D eigenvalue weighted by Crippen LogP contribution is -2.59. The number of ether oxygens (including phenoxy) is 1. The summed E-state index contributed by atoms with van der Waals surface area (Å²) in [6, 6.07) is 11.0. The third kappa shape index (κ3) is 3.96. The van der Waals surface area contributed by atoms with Crippen LogP contribution in [0.4, 0.5) is 0 Å². The van der Waals surface area contributed by atoms with Gasteiger partial charge in [-0.3, -0.25) is 4.79 Å². The monoisotopic (exact) mass is 360 g/mol. The predicted molar refractivity (Wildman–Crippen MR) is 103 cm³/mol. The second-order valence-corrected chi connectivity index (χ2v) is 8.31. The largest absolute Gasteiger partial charge is 0.461 e. The molecule has 2 saturated heterocycles. The number of quaternary nitrogens is 1. The highest BCUT2D eigenvalue weighted by Gasteiger charge is 2.52. The number of fused-ring (bicyclic) bond motifs is 2. The molecule has 0 aromatic heterocycles. The molecule has 2 aliphatic heterocycles. The third-order valence-corrected chi connectivity index (χ3v) is 6.75. The van der Waals surface area contributed by atoms with Crippen LogP contribution in [0.5, 0.6) is 0 Å². The van der Waals surface area contributed by atoms with Crippen molar-refractivity contribution in [2.24, 2.45) is 0 Å². The highest BCUT2D eigenvalue weighted by Crippen LogP contribution is 2.42. The summed E-state index contributed by atoms with van der Waals surface area (Å²) >= 11 is 0. The molecule has 3 rings (SSSR count). The van der Waals surface area contributed by atoms with Gasteiger partial charge in [-0.1, -0.05) is 43.7 Å². The first kappa shape index (κ1) is 19.4. The molecule has 0 saturated carbocycles. The number of benzene rings is 1. The smallest absolute Gasteiger partial charge is 0.313 e. The standard InChI is InChI=1S/C22H34NO3/c1-3-4-13-23(2)18-10-11-19(23)16-20(15-18)26-22(25)21(12-14-24)17-8-6-5-7-9-17/h5-9,18-21,24H,3-4,10-16H2,1-2H3/q+1. The van der Waals surface area contributed by atoms with E-state index in [9.17, 15) is 9.90 Å². The van der Waals surface area contributed by atoms with E-state index in [-0.39, 0.29) is 24.6 Å². The Morgan fingerprint density at radius 2 is 1.88 bits per heavy atom. The first-order valence-electron chi connectivity index (χ1n) is 10.3. The van der Waals surface area contributed by atoms with E-state index < -0.39 is 0 Å². The highest BCUT2D eigenvalue weighted by molar-refractivity contribution is 5.78. The first-order chi connectivity index (χ1) is 12.6. The number of aliphatic hydroxyl groups excluding tert-OH is 1. The fourth-order valence-electron chi connectivity index (χ4n) is 5.13. The number of unbranched alkanes of at least 4 members (excludes halogenated alkanes) is 1. The summed E-state index contributed by atoms with van der Waals surface area (Å²) in [5.41, 5.74) is 0.939. The van der Waals surface area contributed by atoms with E-state index in [1.807, 2.05) is 30.3 Å². The van der Waals surface area contributed by atoms with Gasteiger partial charge >= 0.3 is 5.97 Å². The number of carbonyl (C=O) groups excluding carboxylic acids is 1. The van der Waals surface area contributed by atoms with Crippen LogP contribution in [-0.4, -0.2) is 53.9 Å². The summed E-state index contributed by atoms with van der Waals surface area (Å²) in [6.07, 6.45) is 7.48. The van der Waals surface area contributed by atoms with Crippen molar-refractivity contribution in [3.05, 3.63) is 35.9 Å². The zero-order chi connectivity index (χ0) is 18.6. The second kappa shape index (κ2) is 8.53. The molecule has 2 heterocycles. The summed E-state index contributed by atoms with van der Waals surface area (Å²) in [5.74, 6) is -0.527. The van der Waals surface area contributed by atoms with Gasteiger partial charge in [0.15, 0.2) is 0 Å². The molecule has 0 spiro atoms. The van der Waals surface area contributed by atoms with E-state index in [2.05, 4.69) is 14.0 Å². The lowest BCUT2D eigenvalue weighted by atomic mass is 9.94. The fourth-order valence-corrected chi connectivity index (χ4v) is 5.13. The Labute approximate surface area is 157 Å². The minimum atomic E-state index is -0.359. The summed E-state index contributed by atoms with van der Waals surface area (Å²) in [6.45, 7) is 3.51. The van der Waals surface area contributed by atoms with E-state index in [4.69, 9.17) is 4.74 Å². The van der Waals surface area contributed by atoms with Gasteiger partial charge in [0.05, 0.1) is 31.6 Å². The Hall–Kier alpha value is -1.39. The van der Waals surface area contributed by atoms with Crippen LogP contribution in [0.3, 0.4) is 0 Å². The summed E-state index contributed by atoms with van der Waals surface area (Å²) in [7, 11) is 2.41. The van der Waals surface area contributed by atoms with Crippen LogP contribution in [0, 0.1) is 0 Å². The van der Waals surface area contributed by atoms with E-state index in [1.54, 1.807) is 0 Å². The SMILES string of the molecule is CCCC[N+]1(C)C2CCC1CC(OC(=O)C(CCO)c1ccccc1)C2. The number of hydrogen-bond acceptors (Lipinski definition) is 3. The molecule has 3 unspecified atom stereocenters. The van der Waals surface area contributed by atoms with Gasteiger partial charge in [0.1, 0.15) is 6.10 Å². The number of nitrogens with zero attached hydrogens (tertiary/aromatic N) is 1. The van der Waals surface area contributed by atoms with Crippen molar-refractivity contribution in [3.63, 3.8) is 0 Å². The topological polar surface area (TPSA) is 46.5 Å². The lowest BCUT2D eigenvalue weighted by Gasteiger charge is -2.47. The number of carbonyl (C=O) groups is 1. The molecule has 144 valence electrons. The maximum Gasteiger partial charge on any atom is 0.313 e. The summed E-state index contributed by atoms with van der Waals surface area (Å²) in [5, 5.41) is 9.39. The molecule has 0 radical (unpaired) electrons. The van der Waals surface area contributed by atoms with Crippen molar-refractivity contribution in [1.82, 2.24) is 0 Å². The Balaban J connectivity index is 1.64. The van der Waals surface area contributed by atoms with Gasteiger partial charge < -0.3 is 14.3 Å². The van der Waals surface area contributed by atoms with Gasteiger partial charge in [-0.25, -0.2) is 0 Å². The number of hydrogen-bond donors (Lipinski definition) is 1. The molecule has 2 aliphatic rings. The van der Waals surface area contributed by atoms with E-state index in [1.165, 1.54) is 36.7 Å². The van der Waals surface area contributed by atoms with Crippen molar-refractivity contribution in [3.8, 4) is 0 Å². The molecule has 4 nitrogen and oxygen atoms in total. The van der Waals surface area contributed by atoms with Crippen molar-refractivity contribution in [2.45, 2.75) is 76.0 Å². The first-order valence-corrected chi connectivity index (χ1v) is 10.3. The van der Waals surface area contributed by atoms with Gasteiger partial charge in [-0.05, 0) is 18.4 Å². The molecule has 1 aromatic carbocycles. The average Bonchev–Trinajstić information content (AvgIpc) is 2.82. The zero-order valence-corrected chi connectivity index (χ0v) is 16.3. The Bertz CT molecular complexity index is 574. The van der Waals surface area contributed by atoms with E-state index >= 15 is 0 Å². The van der Waals surface area contributed by atoms with Crippen LogP contribution >= 0.6 is 0 Å².